The largest absolute Gasteiger partial charge is 0.325 e. The van der Waals surface area contributed by atoms with Crippen LogP contribution in [0, 0.1) is 16.0 Å². The number of hydrogen-bond donors (Lipinski definition) is 2. The van der Waals surface area contributed by atoms with Gasteiger partial charge >= 0.3 is 0 Å². The maximum atomic E-state index is 12.1. The second kappa shape index (κ2) is 8.30. The predicted molar refractivity (Wildman–Crippen MR) is 98.0 cm³/mol. The van der Waals surface area contributed by atoms with Gasteiger partial charge in [-0.1, -0.05) is 37.2 Å². The van der Waals surface area contributed by atoms with Gasteiger partial charge in [-0.3, -0.25) is 24.7 Å². The van der Waals surface area contributed by atoms with Crippen LogP contribution < -0.4 is 10.6 Å². The Morgan fingerprint density at radius 3 is 2.88 bits per heavy atom. The molecule has 2 amide bonds. The number of non-ortho nitro benzene ring substituents is 1. The molecule has 2 rings (SSSR count). The minimum atomic E-state index is -0.594. The van der Waals surface area contributed by atoms with Crippen LogP contribution in [0.15, 0.2) is 23.2 Å². The maximum Gasteiger partial charge on any atom is 0.271 e. The van der Waals surface area contributed by atoms with E-state index in [1.165, 1.54) is 30.0 Å². The molecule has 1 aliphatic rings. The molecule has 1 aromatic rings. The number of amides is 2. The van der Waals surface area contributed by atoms with Gasteiger partial charge in [0.15, 0.2) is 5.17 Å². The van der Waals surface area contributed by atoms with Crippen LogP contribution in [0.2, 0.25) is 5.02 Å². The lowest BCUT2D eigenvalue weighted by Crippen LogP contribution is -2.28. The van der Waals surface area contributed by atoms with Gasteiger partial charge in [-0.05, 0) is 12.0 Å². The minimum Gasteiger partial charge on any atom is -0.325 e. The molecule has 1 heterocycles. The van der Waals surface area contributed by atoms with E-state index in [-0.39, 0.29) is 28.7 Å². The summed E-state index contributed by atoms with van der Waals surface area (Å²) < 4.78 is 0. The van der Waals surface area contributed by atoms with E-state index in [2.05, 4.69) is 15.6 Å². The standard InChI is InChI=1S/C15H17ClN4O4S/c1-8(2)7-17-15-19-14(22)12(25-15)6-13(21)18-11-5-9(20(23)24)3-4-10(11)16/h3-5,8,12H,6-7H2,1-2H3,(H,18,21)(H,17,19,22)/t12-/m0/s1. The molecule has 2 N–H and O–H groups in total. The lowest BCUT2D eigenvalue weighted by Gasteiger charge is -2.08. The van der Waals surface area contributed by atoms with Gasteiger partial charge in [0.25, 0.3) is 5.69 Å². The van der Waals surface area contributed by atoms with Crippen LogP contribution in [-0.2, 0) is 9.59 Å². The van der Waals surface area contributed by atoms with Crippen LogP contribution >= 0.6 is 23.4 Å². The van der Waals surface area contributed by atoms with Gasteiger partial charge < -0.3 is 10.6 Å². The molecule has 0 unspecified atom stereocenters. The van der Waals surface area contributed by atoms with Crippen LogP contribution in [0.1, 0.15) is 20.3 Å². The van der Waals surface area contributed by atoms with Crippen molar-refractivity contribution in [2.75, 3.05) is 11.9 Å². The predicted octanol–water partition coefficient (Wildman–Crippen LogP) is 2.82. The first-order chi connectivity index (χ1) is 11.8. The molecule has 0 bridgehead atoms. The highest BCUT2D eigenvalue weighted by Crippen LogP contribution is 2.28. The maximum absolute atomic E-state index is 12.1. The Morgan fingerprint density at radius 2 is 2.24 bits per heavy atom. The highest BCUT2D eigenvalue weighted by Gasteiger charge is 2.32. The fraction of sp³-hybridized carbons (Fsp3) is 0.400. The average Bonchev–Trinajstić information content (AvgIpc) is 2.87. The molecule has 0 aliphatic carbocycles. The van der Waals surface area contributed by atoms with Crippen molar-refractivity contribution in [1.29, 1.82) is 0 Å². The third-order valence-corrected chi connectivity index (χ3v) is 4.63. The molecule has 1 aromatic carbocycles. The van der Waals surface area contributed by atoms with Crippen molar-refractivity contribution in [1.82, 2.24) is 5.32 Å². The Balaban J connectivity index is 1.99. The van der Waals surface area contributed by atoms with Crippen LogP contribution in [0.25, 0.3) is 0 Å². The summed E-state index contributed by atoms with van der Waals surface area (Å²) in [4.78, 5) is 38.6. The van der Waals surface area contributed by atoms with Crippen LogP contribution in [-0.4, -0.2) is 33.7 Å². The lowest BCUT2D eigenvalue weighted by molar-refractivity contribution is -0.384. The van der Waals surface area contributed by atoms with E-state index in [1.54, 1.807) is 0 Å². The number of amidine groups is 1. The number of nitro benzene ring substituents is 1. The van der Waals surface area contributed by atoms with Crippen molar-refractivity contribution >= 4 is 51.7 Å². The number of carbonyl (C=O) groups is 2. The fourth-order valence-electron chi connectivity index (χ4n) is 1.97. The number of nitrogens with zero attached hydrogens (tertiary/aromatic N) is 2. The summed E-state index contributed by atoms with van der Waals surface area (Å²) >= 11 is 7.14. The van der Waals surface area contributed by atoms with E-state index >= 15 is 0 Å². The molecule has 1 fully saturated rings. The summed E-state index contributed by atoms with van der Waals surface area (Å²) in [6.07, 6.45) is -0.0871. The third-order valence-electron chi connectivity index (χ3n) is 3.18. The monoisotopic (exact) mass is 384 g/mol. The number of anilines is 1. The smallest absolute Gasteiger partial charge is 0.271 e. The Bertz CT molecular complexity index is 738. The van der Waals surface area contributed by atoms with Crippen molar-refractivity contribution < 1.29 is 14.5 Å². The van der Waals surface area contributed by atoms with E-state index in [1.807, 2.05) is 13.8 Å². The summed E-state index contributed by atoms with van der Waals surface area (Å²) in [5, 5.41) is 16.0. The van der Waals surface area contributed by atoms with Crippen LogP contribution in [0.4, 0.5) is 11.4 Å². The summed E-state index contributed by atoms with van der Waals surface area (Å²) in [6.45, 7) is 4.61. The van der Waals surface area contributed by atoms with Gasteiger partial charge in [0.2, 0.25) is 11.8 Å². The molecule has 1 saturated heterocycles. The van der Waals surface area contributed by atoms with Gasteiger partial charge in [-0.25, -0.2) is 0 Å². The number of benzene rings is 1. The number of nitrogens with one attached hydrogen (secondary N) is 2. The summed E-state index contributed by atoms with van der Waals surface area (Å²) in [6, 6.07) is 3.76. The van der Waals surface area contributed by atoms with Gasteiger partial charge in [-0.2, -0.15) is 0 Å². The first-order valence-corrected chi connectivity index (χ1v) is 8.77. The fourth-order valence-corrected chi connectivity index (χ4v) is 3.12. The number of rotatable bonds is 6. The molecule has 10 heteroatoms. The number of halogens is 1. The second-order valence-electron chi connectivity index (χ2n) is 5.81. The summed E-state index contributed by atoms with van der Waals surface area (Å²) in [5.41, 5.74) is -0.0474. The molecule has 0 spiro atoms. The SMILES string of the molecule is CC(C)CN=C1NC(=O)[C@H](CC(=O)Nc2cc([N+](=O)[O-])ccc2Cl)S1. The topological polar surface area (TPSA) is 114 Å². The Kier molecular flexibility index (Phi) is 6.38. The Labute approximate surface area is 153 Å². The molecule has 134 valence electrons. The molecular formula is C15H17ClN4O4S. The van der Waals surface area contributed by atoms with E-state index < -0.39 is 16.1 Å². The van der Waals surface area contributed by atoms with E-state index in [0.717, 1.165) is 0 Å². The van der Waals surface area contributed by atoms with Crippen molar-refractivity contribution in [2.24, 2.45) is 10.9 Å². The normalized spacial score (nSPS) is 18.5. The zero-order valence-corrected chi connectivity index (χ0v) is 15.2. The zero-order chi connectivity index (χ0) is 18.6. The number of aliphatic imine (C=N–C) groups is 1. The quantitative estimate of drug-likeness (QED) is 0.578. The van der Waals surface area contributed by atoms with E-state index in [4.69, 9.17) is 11.6 Å². The molecule has 1 aliphatic heterocycles. The van der Waals surface area contributed by atoms with Crippen LogP contribution in [0.5, 0.6) is 0 Å². The third kappa shape index (κ3) is 5.43. The highest BCUT2D eigenvalue weighted by atomic mass is 35.5. The van der Waals surface area contributed by atoms with E-state index in [9.17, 15) is 19.7 Å². The van der Waals surface area contributed by atoms with Crippen molar-refractivity contribution in [3.8, 4) is 0 Å². The number of nitro groups is 1. The first kappa shape index (κ1) is 19.2. The summed E-state index contributed by atoms with van der Waals surface area (Å²) in [7, 11) is 0. The first-order valence-electron chi connectivity index (χ1n) is 7.52. The minimum absolute atomic E-state index is 0.0871. The van der Waals surface area contributed by atoms with Gasteiger partial charge in [0, 0.05) is 25.1 Å². The number of hydrogen-bond acceptors (Lipinski definition) is 6. The van der Waals surface area contributed by atoms with Crippen molar-refractivity contribution in [3.63, 3.8) is 0 Å². The Morgan fingerprint density at radius 1 is 1.52 bits per heavy atom. The zero-order valence-electron chi connectivity index (χ0n) is 13.6. The van der Waals surface area contributed by atoms with Crippen molar-refractivity contribution in [3.05, 3.63) is 33.3 Å². The summed E-state index contributed by atoms with van der Waals surface area (Å²) in [5.74, 6) is -0.378. The molecular weight excluding hydrogens is 368 g/mol. The lowest BCUT2D eigenvalue weighted by atomic mass is 10.2. The average molecular weight is 385 g/mol. The Hall–Kier alpha value is -2.13. The van der Waals surface area contributed by atoms with E-state index in [0.29, 0.717) is 17.6 Å². The molecule has 8 nitrogen and oxygen atoms in total. The van der Waals surface area contributed by atoms with Gasteiger partial charge in [0.1, 0.15) is 5.25 Å². The molecule has 1 atom stereocenters. The molecule has 0 radical (unpaired) electrons. The van der Waals surface area contributed by atoms with Gasteiger partial charge in [-0.15, -0.1) is 0 Å². The molecule has 0 saturated carbocycles. The second-order valence-corrected chi connectivity index (χ2v) is 7.41. The van der Waals surface area contributed by atoms with Gasteiger partial charge in [0.05, 0.1) is 15.6 Å². The van der Waals surface area contributed by atoms with Crippen LogP contribution in [0.3, 0.4) is 0 Å². The highest BCUT2D eigenvalue weighted by molar-refractivity contribution is 8.15. The van der Waals surface area contributed by atoms with Crippen molar-refractivity contribution in [2.45, 2.75) is 25.5 Å². The molecule has 0 aromatic heterocycles. The number of carbonyl (C=O) groups excluding carboxylic acids is 2. The molecule has 25 heavy (non-hydrogen) atoms. The number of thioether (sulfide) groups is 1.